The van der Waals surface area contributed by atoms with Gasteiger partial charge in [0, 0.05) is 11.8 Å². The molecule has 1 aliphatic carbocycles. The molecule has 1 saturated carbocycles. The maximum absolute atomic E-state index is 12.5. The Morgan fingerprint density at radius 3 is 2.50 bits per heavy atom. The van der Waals surface area contributed by atoms with Crippen LogP contribution in [0.25, 0.3) is 0 Å². The van der Waals surface area contributed by atoms with Crippen LogP contribution in [0, 0.1) is 0 Å². The Balaban J connectivity index is 2.17. The van der Waals surface area contributed by atoms with Crippen LogP contribution in [0.3, 0.4) is 0 Å². The molecule has 0 aliphatic heterocycles. The molecule has 0 atom stereocenters. The highest BCUT2D eigenvalue weighted by Crippen LogP contribution is 2.41. The van der Waals surface area contributed by atoms with Crippen molar-refractivity contribution in [2.45, 2.75) is 57.6 Å². The summed E-state index contributed by atoms with van der Waals surface area (Å²) in [5.41, 5.74) is -1.43. The fourth-order valence-corrected chi connectivity index (χ4v) is 3.68. The first-order valence-corrected chi connectivity index (χ1v) is 7.80. The van der Waals surface area contributed by atoms with Gasteiger partial charge in [-0.25, -0.2) is 0 Å². The molecule has 1 N–H and O–H groups in total. The van der Waals surface area contributed by atoms with E-state index in [1.54, 1.807) is 25.2 Å². The molecule has 20 heavy (non-hydrogen) atoms. The van der Waals surface area contributed by atoms with Crippen molar-refractivity contribution in [3.8, 4) is 0 Å². The van der Waals surface area contributed by atoms with Gasteiger partial charge in [0.15, 0.2) is 5.60 Å². The number of nitrogens with one attached hydrogen (secondary N) is 1. The molecule has 5 heteroatoms. The van der Waals surface area contributed by atoms with Crippen molar-refractivity contribution in [3.05, 3.63) is 22.4 Å². The molecule has 0 aromatic carbocycles. The second-order valence-corrected chi connectivity index (χ2v) is 6.77. The van der Waals surface area contributed by atoms with Gasteiger partial charge in [0.05, 0.1) is 5.54 Å². The van der Waals surface area contributed by atoms with Crippen molar-refractivity contribution in [2.24, 2.45) is 0 Å². The molecule has 110 valence electrons. The Kier molecular flexibility index (Phi) is 4.18. The van der Waals surface area contributed by atoms with E-state index in [2.05, 4.69) is 11.4 Å². The second-order valence-electron chi connectivity index (χ2n) is 5.82. The Bertz CT molecular complexity index is 487. The number of hydrogen-bond acceptors (Lipinski definition) is 4. The summed E-state index contributed by atoms with van der Waals surface area (Å²) in [6.07, 6.45) is 4.09. The minimum atomic E-state index is -1.14. The molecule has 0 spiro atoms. The molecule has 0 unspecified atom stereocenters. The van der Waals surface area contributed by atoms with Crippen LogP contribution in [0.15, 0.2) is 17.5 Å². The highest BCUT2D eigenvalue weighted by molar-refractivity contribution is 7.10. The van der Waals surface area contributed by atoms with Crippen LogP contribution in [0.4, 0.5) is 0 Å². The van der Waals surface area contributed by atoms with Crippen molar-refractivity contribution >= 4 is 23.2 Å². The lowest BCUT2D eigenvalue weighted by Gasteiger charge is -2.33. The topological polar surface area (TPSA) is 55.4 Å². The van der Waals surface area contributed by atoms with Gasteiger partial charge < -0.3 is 10.1 Å². The molecular formula is C15H21NO3S. The summed E-state index contributed by atoms with van der Waals surface area (Å²) in [6, 6.07) is 4.07. The lowest BCUT2D eigenvalue weighted by molar-refractivity contribution is -0.163. The van der Waals surface area contributed by atoms with Gasteiger partial charge in [0.1, 0.15) is 0 Å². The molecule has 4 nitrogen and oxygen atoms in total. The first-order valence-electron chi connectivity index (χ1n) is 6.92. The monoisotopic (exact) mass is 295 g/mol. The maximum atomic E-state index is 12.5. The lowest BCUT2D eigenvalue weighted by Crippen LogP contribution is -2.52. The summed E-state index contributed by atoms with van der Waals surface area (Å²) in [6.45, 7) is 4.57. The fraction of sp³-hybridized carbons (Fsp3) is 0.600. The number of esters is 1. The second kappa shape index (κ2) is 5.56. The fourth-order valence-electron chi connectivity index (χ4n) is 2.74. The lowest BCUT2D eigenvalue weighted by atomic mass is 9.93. The van der Waals surface area contributed by atoms with Gasteiger partial charge in [-0.05, 0) is 38.1 Å². The molecule has 1 heterocycles. The van der Waals surface area contributed by atoms with E-state index < -0.39 is 11.6 Å². The van der Waals surface area contributed by atoms with Gasteiger partial charge in [0.2, 0.25) is 0 Å². The highest BCUT2D eigenvalue weighted by atomic mass is 32.1. The molecule has 0 saturated heterocycles. The van der Waals surface area contributed by atoms with E-state index >= 15 is 0 Å². The Morgan fingerprint density at radius 1 is 1.35 bits per heavy atom. The van der Waals surface area contributed by atoms with Gasteiger partial charge in [-0.1, -0.05) is 18.9 Å². The van der Waals surface area contributed by atoms with Crippen molar-refractivity contribution in [2.75, 3.05) is 0 Å². The molecule has 0 bridgehead atoms. The van der Waals surface area contributed by atoms with E-state index in [9.17, 15) is 9.59 Å². The zero-order valence-electron chi connectivity index (χ0n) is 12.2. The van der Waals surface area contributed by atoms with E-state index in [-0.39, 0.29) is 11.4 Å². The van der Waals surface area contributed by atoms with Gasteiger partial charge in [-0.3, -0.25) is 9.59 Å². The Labute approximate surface area is 123 Å². The predicted octanol–water partition coefficient (Wildman–Crippen LogP) is 2.98. The number of carbonyl (C=O) groups excluding carboxylic acids is 2. The Morgan fingerprint density at radius 2 is 2.00 bits per heavy atom. The number of amides is 1. The summed E-state index contributed by atoms with van der Waals surface area (Å²) in [5, 5.41) is 5.16. The molecule has 1 amide bonds. The third kappa shape index (κ3) is 3.03. The van der Waals surface area contributed by atoms with Crippen molar-refractivity contribution in [1.82, 2.24) is 5.32 Å². The van der Waals surface area contributed by atoms with Gasteiger partial charge in [-0.15, -0.1) is 11.3 Å². The number of carbonyl (C=O) groups is 2. The molecule has 2 rings (SSSR count). The van der Waals surface area contributed by atoms with Gasteiger partial charge in [-0.2, -0.15) is 0 Å². The van der Waals surface area contributed by atoms with Crippen LogP contribution in [-0.4, -0.2) is 17.5 Å². The van der Waals surface area contributed by atoms with Crippen LogP contribution in [0.1, 0.15) is 51.3 Å². The van der Waals surface area contributed by atoms with Gasteiger partial charge in [0.25, 0.3) is 5.91 Å². The molecular weight excluding hydrogens is 274 g/mol. The third-order valence-electron chi connectivity index (χ3n) is 3.75. The number of hydrogen-bond donors (Lipinski definition) is 1. The summed E-state index contributed by atoms with van der Waals surface area (Å²) < 4.78 is 5.12. The van der Waals surface area contributed by atoms with E-state index in [0.717, 1.165) is 25.7 Å². The summed E-state index contributed by atoms with van der Waals surface area (Å²) in [5.74, 6) is -0.676. The SMILES string of the molecule is CC(=O)OC(C)(C)C(=O)NC1(c2cccs2)CCCC1. The van der Waals surface area contributed by atoms with Crippen molar-refractivity contribution < 1.29 is 14.3 Å². The van der Waals surface area contributed by atoms with Crippen LogP contribution < -0.4 is 5.32 Å². The zero-order chi connectivity index (χ0) is 14.8. The molecule has 1 fully saturated rings. The van der Waals surface area contributed by atoms with Crippen LogP contribution in [0.5, 0.6) is 0 Å². The number of thiophene rings is 1. The van der Waals surface area contributed by atoms with Crippen LogP contribution >= 0.6 is 11.3 Å². The first kappa shape index (κ1) is 15.0. The smallest absolute Gasteiger partial charge is 0.303 e. The summed E-state index contributed by atoms with van der Waals surface area (Å²) >= 11 is 1.66. The maximum Gasteiger partial charge on any atom is 0.303 e. The van der Waals surface area contributed by atoms with E-state index in [1.807, 2.05) is 11.4 Å². The minimum absolute atomic E-state index is 0.233. The average Bonchev–Trinajstić information content (AvgIpc) is 2.97. The van der Waals surface area contributed by atoms with Crippen molar-refractivity contribution in [1.29, 1.82) is 0 Å². The van der Waals surface area contributed by atoms with E-state index in [1.165, 1.54) is 11.8 Å². The summed E-state index contributed by atoms with van der Waals surface area (Å²) in [4.78, 5) is 24.8. The first-order chi connectivity index (χ1) is 9.36. The quantitative estimate of drug-likeness (QED) is 0.869. The molecule has 0 radical (unpaired) electrons. The van der Waals surface area contributed by atoms with Crippen LogP contribution in [-0.2, 0) is 19.9 Å². The highest BCUT2D eigenvalue weighted by Gasteiger charge is 2.42. The average molecular weight is 295 g/mol. The zero-order valence-corrected chi connectivity index (χ0v) is 13.0. The molecule has 1 aromatic heterocycles. The predicted molar refractivity (Wildman–Crippen MR) is 78.5 cm³/mol. The van der Waals surface area contributed by atoms with E-state index in [4.69, 9.17) is 4.74 Å². The normalized spacial score (nSPS) is 17.8. The van der Waals surface area contributed by atoms with Crippen LogP contribution in [0.2, 0.25) is 0 Å². The third-order valence-corrected chi connectivity index (χ3v) is 4.82. The minimum Gasteiger partial charge on any atom is -0.450 e. The number of ether oxygens (including phenoxy) is 1. The summed E-state index contributed by atoms with van der Waals surface area (Å²) in [7, 11) is 0. The molecule has 1 aliphatic rings. The van der Waals surface area contributed by atoms with E-state index in [0.29, 0.717) is 0 Å². The largest absolute Gasteiger partial charge is 0.450 e. The van der Waals surface area contributed by atoms with Crippen molar-refractivity contribution in [3.63, 3.8) is 0 Å². The van der Waals surface area contributed by atoms with Gasteiger partial charge >= 0.3 is 5.97 Å². The number of rotatable bonds is 4. The molecule has 1 aromatic rings. The standard InChI is InChI=1S/C15H21NO3S/c1-11(17)19-14(2,3)13(18)16-15(8-4-5-9-15)12-7-6-10-20-12/h6-7,10H,4-5,8-9H2,1-3H3,(H,16,18). The Hall–Kier alpha value is -1.36.